The van der Waals surface area contributed by atoms with E-state index in [4.69, 9.17) is 0 Å². The molecular formula is C17H17N5O4S. The van der Waals surface area contributed by atoms with Gasteiger partial charge in [0.25, 0.3) is 0 Å². The van der Waals surface area contributed by atoms with Gasteiger partial charge in [0.15, 0.2) is 10.8 Å². The summed E-state index contributed by atoms with van der Waals surface area (Å²) in [6, 6.07) is 3.31. The number of carboxylic acid groups (broad SMARTS) is 1. The number of hydrogen-bond donors (Lipinski definition) is 3. The van der Waals surface area contributed by atoms with E-state index < -0.39 is 17.6 Å². The summed E-state index contributed by atoms with van der Waals surface area (Å²) < 4.78 is 1.51. The highest BCUT2D eigenvalue weighted by molar-refractivity contribution is 7.12. The van der Waals surface area contributed by atoms with Crippen molar-refractivity contribution in [3.63, 3.8) is 0 Å². The fourth-order valence-corrected chi connectivity index (χ4v) is 3.87. The maximum absolute atomic E-state index is 12.6. The van der Waals surface area contributed by atoms with Gasteiger partial charge >= 0.3 is 5.97 Å². The van der Waals surface area contributed by atoms with Gasteiger partial charge in [0.05, 0.1) is 5.39 Å². The number of fused-ring (bicyclic) bond motifs is 1. The molecule has 1 aliphatic rings. The minimum atomic E-state index is -1.30. The molecule has 0 radical (unpaired) electrons. The van der Waals surface area contributed by atoms with Crippen molar-refractivity contribution in [3.05, 3.63) is 45.7 Å². The Balaban J connectivity index is 1.93. The molecule has 3 aromatic heterocycles. The Morgan fingerprint density at radius 3 is 2.85 bits per heavy atom. The van der Waals surface area contributed by atoms with Crippen LogP contribution in [-0.4, -0.2) is 56.6 Å². The number of pyridine rings is 2. The zero-order chi connectivity index (χ0) is 19.1. The molecule has 0 saturated carbocycles. The average Bonchev–Trinajstić information content (AvgIpc) is 3.31. The van der Waals surface area contributed by atoms with E-state index in [2.05, 4.69) is 15.3 Å². The topological polar surface area (TPSA) is 121 Å². The van der Waals surface area contributed by atoms with E-state index in [1.807, 2.05) is 7.05 Å². The molecule has 4 heterocycles. The number of anilines is 1. The zero-order valence-electron chi connectivity index (χ0n) is 14.4. The van der Waals surface area contributed by atoms with Gasteiger partial charge in [-0.3, -0.25) is 9.36 Å². The summed E-state index contributed by atoms with van der Waals surface area (Å²) in [5.41, 5.74) is -0.638. The van der Waals surface area contributed by atoms with Gasteiger partial charge in [-0.05, 0) is 19.2 Å². The van der Waals surface area contributed by atoms with Gasteiger partial charge in [-0.25, -0.2) is 14.8 Å². The van der Waals surface area contributed by atoms with Gasteiger partial charge in [-0.2, -0.15) is 0 Å². The van der Waals surface area contributed by atoms with E-state index in [-0.39, 0.29) is 17.0 Å². The van der Waals surface area contributed by atoms with Crippen molar-refractivity contribution in [2.45, 2.75) is 18.7 Å². The van der Waals surface area contributed by atoms with Crippen molar-refractivity contribution >= 4 is 34.2 Å². The summed E-state index contributed by atoms with van der Waals surface area (Å²) in [7, 11) is 1.84. The van der Waals surface area contributed by atoms with E-state index >= 15 is 0 Å². The number of carboxylic acids is 1. The van der Waals surface area contributed by atoms with Crippen LogP contribution in [0.5, 0.6) is 0 Å². The predicted molar refractivity (Wildman–Crippen MR) is 101 cm³/mol. The van der Waals surface area contributed by atoms with Crippen LogP contribution >= 0.6 is 11.3 Å². The summed E-state index contributed by atoms with van der Waals surface area (Å²) in [6.07, 6.45) is 2.72. The molecular weight excluding hydrogens is 370 g/mol. The summed E-state index contributed by atoms with van der Waals surface area (Å²) in [4.78, 5) is 34.6. The summed E-state index contributed by atoms with van der Waals surface area (Å²) in [6.45, 7) is 0.574. The molecule has 0 bridgehead atoms. The lowest BCUT2D eigenvalue weighted by Gasteiger charge is -2.22. The maximum atomic E-state index is 12.6. The van der Waals surface area contributed by atoms with Gasteiger partial charge in [0.1, 0.15) is 17.6 Å². The molecule has 4 rings (SSSR count). The van der Waals surface area contributed by atoms with E-state index in [0.29, 0.717) is 29.6 Å². The lowest BCUT2D eigenvalue weighted by molar-refractivity contribution is 0.0695. The Hall–Kier alpha value is -2.82. The van der Waals surface area contributed by atoms with Crippen molar-refractivity contribution in [2.24, 2.45) is 0 Å². The molecule has 1 aliphatic heterocycles. The van der Waals surface area contributed by atoms with Crippen molar-refractivity contribution in [1.82, 2.24) is 19.9 Å². The van der Waals surface area contributed by atoms with Crippen LogP contribution in [0.1, 0.15) is 16.8 Å². The SMILES string of the molecule is CN[C@H]1CC(O)N(c2ccc3c(=O)c(C(=O)O)cn(-c4nccs4)c3n2)C1. The van der Waals surface area contributed by atoms with Crippen LogP contribution in [0.15, 0.2) is 34.7 Å². The minimum absolute atomic E-state index is 0.132. The third-order valence-corrected chi connectivity index (χ3v) is 5.44. The van der Waals surface area contributed by atoms with Crippen LogP contribution in [0.4, 0.5) is 5.82 Å². The number of nitrogens with zero attached hydrogens (tertiary/aromatic N) is 4. The number of aromatic nitrogens is 3. The molecule has 2 atom stereocenters. The van der Waals surface area contributed by atoms with E-state index in [1.54, 1.807) is 28.6 Å². The van der Waals surface area contributed by atoms with Crippen molar-refractivity contribution in [2.75, 3.05) is 18.5 Å². The summed E-state index contributed by atoms with van der Waals surface area (Å²) in [5.74, 6) is -0.788. The fourth-order valence-electron chi connectivity index (χ4n) is 3.26. The highest BCUT2D eigenvalue weighted by Gasteiger charge is 2.31. The Morgan fingerprint density at radius 2 is 2.22 bits per heavy atom. The third-order valence-electron chi connectivity index (χ3n) is 4.67. The number of hydrogen-bond acceptors (Lipinski definition) is 8. The number of rotatable bonds is 4. The first-order valence-electron chi connectivity index (χ1n) is 8.31. The van der Waals surface area contributed by atoms with Crippen LogP contribution in [0.25, 0.3) is 16.2 Å². The monoisotopic (exact) mass is 387 g/mol. The van der Waals surface area contributed by atoms with Gasteiger partial charge in [-0.15, -0.1) is 11.3 Å². The molecule has 1 saturated heterocycles. The Morgan fingerprint density at radius 1 is 1.41 bits per heavy atom. The van der Waals surface area contributed by atoms with Gasteiger partial charge in [-0.1, -0.05) is 0 Å². The minimum Gasteiger partial charge on any atom is -0.477 e. The van der Waals surface area contributed by atoms with Crippen LogP contribution in [0.3, 0.4) is 0 Å². The molecule has 0 spiro atoms. The summed E-state index contributed by atoms with van der Waals surface area (Å²) in [5, 5.41) is 25.3. The van der Waals surface area contributed by atoms with Crippen LogP contribution in [-0.2, 0) is 0 Å². The third kappa shape index (κ3) is 2.97. The first kappa shape index (κ1) is 17.6. The maximum Gasteiger partial charge on any atom is 0.341 e. The Bertz CT molecular complexity index is 1070. The normalized spacial score (nSPS) is 19.7. The second-order valence-corrected chi connectivity index (χ2v) is 7.13. The van der Waals surface area contributed by atoms with Gasteiger partial charge < -0.3 is 20.4 Å². The average molecular weight is 387 g/mol. The molecule has 0 aliphatic carbocycles. The van der Waals surface area contributed by atoms with Crippen LogP contribution < -0.4 is 15.6 Å². The number of aliphatic hydroxyl groups is 1. The fraction of sp³-hybridized carbons (Fsp3) is 0.294. The number of aromatic carboxylic acids is 1. The molecule has 0 amide bonds. The lowest BCUT2D eigenvalue weighted by Crippen LogP contribution is -2.32. The number of likely N-dealkylation sites (N-methyl/N-ethyl adjacent to an activating group) is 1. The highest BCUT2D eigenvalue weighted by Crippen LogP contribution is 2.26. The molecule has 0 aromatic carbocycles. The van der Waals surface area contributed by atoms with Crippen molar-refractivity contribution < 1.29 is 15.0 Å². The molecule has 9 nitrogen and oxygen atoms in total. The van der Waals surface area contributed by atoms with E-state index in [0.717, 1.165) is 0 Å². The van der Waals surface area contributed by atoms with Gasteiger partial charge in [0, 0.05) is 36.8 Å². The molecule has 3 aromatic rings. The van der Waals surface area contributed by atoms with Gasteiger partial charge in [0.2, 0.25) is 5.43 Å². The van der Waals surface area contributed by atoms with E-state index in [1.165, 1.54) is 22.1 Å². The first-order valence-corrected chi connectivity index (χ1v) is 9.19. The smallest absolute Gasteiger partial charge is 0.341 e. The molecule has 1 fully saturated rings. The Kier molecular flexibility index (Phi) is 4.38. The number of thiazole rings is 1. The highest BCUT2D eigenvalue weighted by atomic mass is 32.1. The van der Waals surface area contributed by atoms with E-state index in [9.17, 15) is 19.8 Å². The van der Waals surface area contributed by atoms with Crippen molar-refractivity contribution in [3.8, 4) is 5.13 Å². The predicted octanol–water partition coefficient (Wildman–Crippen LogP) is 0.657. The largest absolute Gasteiger partial charge is 0.477 e. The van der Waals surface area contributed by atoms with Crippen LogP contribution in [0.2, 0.25) is 0 Å². The molecule has 3 N–H and O–H groups in total. The van der Waals surface area contributed by atoms with Crippen LogP contribution in [0, 0.1) is 0 Å². The summed E-state index contributed by atoms with van der Waals surface area (Å²) >= 11 is 1.30. The molecule has 140 valence electrons. The molecule has 27 heavy (non-hydrogen) atoms. The molecule has 10 heteroatoms. The second-order valence-electron chi connectivity index (χ2n) is 6.26. The number of nitrogens with one attached hydrogen (secondary N) is 1. The van der Waals surface area contributed by atoms with Crippen molar-refractivity contribution in [1.29, 1.82) is 0 Å². The second kappa shape index (κ2) is 6.72. The Labute approximate surface area is 157 Å². The number of carbonyl (C=O) groups is 1. The molecule has 1 unspecified atom stereocenters. The lowest BCUT2D eigenvalue weighted by atomic mass is 10.2. The first-order chi connectivity index (χ1) is 13.0. The quantitative estimate of drug-likeness (QED) is 0.597. The zero-order valence-corrected chi connectivity index (χ0v) is 15.2. The standard InChI is InChI=1S/C17H17N5O4S/c1-18-9-6-13(23)21(7-9)12-3-2-10-14(24)11(16(25)26)8-22(15(10)20-12)17-19-4-5-27-17/h2-5,8-9,13,18,23H,6-7H2,1H3,(H,25,26)/t9-,13?/m0/s1. The number of aliphatic hydroxyl groups excluding tert-OH is 1.